The van der Waals surface area contributed by atoms with E-state index in [1.165, 1.54) is 28.6 Å². The zero-order valence-electron chi connectivity index (χ0n) is 15.8. The van der Waals surface area contributed by atoms with E-state index in [2.05, 4.69) is 18.5 Å². The summed E-state index contributed by atoms with van der Waals surface area (Å²) in [6.07, 6.45) is 3.04. The van der Waals surface area contributed by atoms with Crippen molar-refractivity contribution in [1.82, 2.24) is 4.31 Å². The largest absolute Gasteiger partial charge is 0.494 e. The number of ether oxygens (including phenoxy) is 1. The average molecular weight is 401 g/mol. The Morgan fingerprint density at radius 2 is 1.75 bits per heavy atom. The number of carbonyl (C=O) groups is 1. The molecule has 2 aromatic carbocycles. The van der Waals surface area contributed by atoms with Gasteiger partial charge in [0.2, 0.25) is 10.0 Å². The Labute approximate surface area is 166 Å². The van der Waals surface area contributed by atoms with Crippen LogP contribution in [-0.2, 0) is 10.0 Å². The fourth-order valence-corrected chi connectivity index (χ4v) is 3.90. The van der Waals surface area contributed by atoms with Crippen LogP contribution in [0.25, 0.3) is 0 Å². The summed E-state index contributed by atoms with van der Waals surface area (Å²) in [5.41, 5.74) is 0.940. The van der Waals surface area contributed by atoms with Gasteiger partial charge < -0.3 is 10.1 Å². The van der Waals surface area contributed by atoms with Gasteiger partial charge in [-0.25, -0.2) is 8.42 Å². The van der Waals surface area contributed by atoms with Gasteiger partial charge in [-0.2, -0.15) is 4.31 Å². The molecule has 7 heteroatoms. The van der Waals surface area contributed by atoms with Gasteiger partial charge in [0.25, 0.3) is 5.91 Å². The standard InChI is InChI=1S/C21H24N2O4S/c1-4-14-23(15-5-2)28(25,26)20-12-10-18(11-13-20)22-21(24)17-8-7-9-19(16-17)27-6-3/h4-5,7-13,16H,1-2,6,14-15H2,3H3,(H,22,24). The third-order valence-electron chi connectivity index (χ3n) is 3.82. The van der Waals surface area contributed by atoms with Gasteiger partial charge in [-0.15, -0.1) is 13.2 Å². The minimum atomic E-state index is -3.67. The summed E-state index contributed by atoms with van der Waals surface area (Å²) in [5, 5.41) is 2.75. The molecule has 0 radical (unpaired) electrons. The van der Waals surface area contributed by atoms with Crippen molar-refractivity contribution in [3.8, 4) is 5.75 Å². The van der Waals surface area contributed by atoms with Gasteiger partial charge in [-0.3, -0.25) is 4.79 Å². The lowest BCUT2D eigenvalue weighted by molar-refractivity contribution is 0.102. The summed E-state index contributed by atoms with van der Waals surface area (Å²) < 4.78 is 32.1. The van der Waals surface area contributed by atoms with Crippen molar-refractivity contribution < 1.29 is 17.9 Å². The molecule has 0 aliphatic heterocycles. The van der Waals surface area contributed by atoms with E-state index in [9.17, 15) is 13.2 Å². The molecular formula is C21H24N2O4S. The number of hydrogen-bond donors (Lipinski definition) is 1. The summed E-state index contributed by atoms with van der Waals surface area (Å²) in [5.74, 6) is 0.304. The first kappa shape index (κ1) is 21.4. The first-order valence-electron chi connectivity index (χ1n) is 8.78. The predicted molar refractivity (Wildman–Crippen MR) is 111 cm³/mol. The van der Waals surface area contributed by atoms with Crippen LogP contribution in [0, 0.1) is 0 Å². The van der Waals surface area contributed by atoms with Crippen LogP contribution in [0.4, 0.5) is 5.69 Å². The van der Waals surface area contributed by atoms with Crippen LogP contribution in [0.3, 0.4) is 0 Å². The molecular weight excluding hydrogens is 376 g/mol. The van der Waals surface area contributed by atoms with Crippen molar-refractivity contribution in [2.75, 3.05) is 25.0 Å². The molecule has 0 saturated carbocycles. The Hall–Kier alpha value is -2.90. The molecule has 0 bridgehead atoms. The van der Waals surface area contributed by atoms with Crippen LogP contribution in [0.5, 0.6) is 5.75 Å². The quantitative estimate of drug-likeness (QED) is 0.617. The van der Waals surface area contributed by atoms with Gasteiger partial charge in [0.1, 0.15) is 5.75 Å². The van der Waals surface area contributed by atoms with Crippen molar-refractivity contribution >= 4 is 21.6 Å². The minimum Gasteiger partial charge on any atom is -0.494 e. The second-order valence-electron chi connectivity index (χ2n) is 5.84. The van der Waals surface area contributed by atoms with E-state index in [-0.39, 0.29) is 23.9 Å². The summed E-state index contributed by atoms with van der Waals surface area (Å²) in [6.45, 7) is 9.92. The van der Waals surface area contributed by atoms with E-state index in [4.69, 9.17) is 4.74 Å². The summed E-state index contributed by atoms with van der Waals surface area (Å²) >= 11 is 0. The number of anilines is 1. The Balaban J connectivity index is 2.15. The molecule has 0 fully saturated rings. The number of nitrogens with zero attached hydrogens (tertiary/aromatic N) is 1. The Bertz CT molecular complexity index is 927. The highest BCUT2D eigenvalue weighted by atomic mass is 32.2. The molecule has 28 heavy (non-hydrogen) atoms. The van der Waals surface area contributed by atoms with E-state index < -0.39 is 10.0 Å². The first-order valence-corrected chi connectivity index (χ1v) is 10.2. The Morgan fingerprint density at radius 3 is 2.32 bits per heavy atom. The van der Waals surface area contributed by atoms with E-state index >= 15 is 0 Å². The van der Waals surface area contributed by atoms with E-state index in [1.54, 1.807) is 36.4 Å². The molecule has 1 N–H and O–H groups in total. The van der Waals surface area contributed by atoms with Crippen molar-refractivity contribution in [3.05, 3.63) is 79.4 Å². The highest BCUT2D eigenvalue weighted by molar-refractivity contribution is 7.89. The van der Waals surface area contributed by atoms with Gasteiger partial charge in [0, 0.05) is 24.3 Å². The number of nitrogens with one attached hydrogen (secondary N) is 1. The maximum absolute atomic E-state index is 12.7. The number of hydrogen-bond acceptors (Lipinski definition) is 4. The number of amides is 1. The topological polar surface area (TPSA) is 75.7 Å². The zero-order valence-corrected chi connectivity index (χ0v) is 16.6. The smallest absolute Gasteiger partial charge is 0.255 e. The van der Waals surface area contributed by atoms with Crippen molar-refractivity contribution in [1.29, 1.82) is 0 Å². The molecule has 6 nitrogen and oxygen atoms in total. The van der Waals surface area contributed by atoms with Crippen LogP contribution < -0.4 is 10.1 Å². The minimum absolute atomic E-state index is 0.132. The second-order valence-corrected chi connectivity index (χ2v) is 7.78. The molecule has 2 aromatic rings. The molecule has 0 aliphatic rings. The normalized spacial score (nSPS) is 11.1. The van der Waals surface area contributed by atoms with Crippen LogP contribution in [0.15, 0.2) is 78.7 Å². The van der Waals surface area contributed by atoms with Crippen molar-refractivity contribution in [3.63, 3.8) is 0 Å². The van der Waals surface area contributed by atoms with Gasteiger partial charge in [0.05, 0.1) is 11.5 Å². The van der Waals surface area contributed by atoms with E-state index in [0.717, 1.165) is 0 Å². The van der Waals surface area contributed by atoms with Crippen molar-refractivity contribution in [2.45, 2.75) is 11.8 Å². The lowest BCUT2D eigenvalue weighted by Gasteiger charge is -2.19. The molecule has 0 unspecified atom stereocenters. The number of benzene rings is 2. The first-order chi connectivity index (χ1) is 13.4. The monoisotopic (exact) mass is 400 g/mol. The predicted octanol–water partition coefficient (Wildman–Crippen LogP) is 3.70. The molecule has 0 spiro atoms. The highest BCUT2D eigenvalue weighted by Crippen LogP contribution is 2.20. The number of sulfonamides is 1. The van der Waals surface area contributed by atoms with Crippen molar-refractivity contribution in [2.24, 2.45) is 0 Å². The summed E-state index contributed by atoms with van der Waals surface area (Å²) in [6, 6.07) is 12.9. The number of carbonyl (C=O) groups excluding carboxylic acids is 1. The van der Waals surface area contributed by atoms with Crippen LogP contribution in [0.1, 0.15) is 17.3 Å². The van der Waals surface area contributed by atoms with Crippen LogP contribution >= 0.6 is 0 Å². The zero-order chi connectivity index (χ0) is 20.6. The maximum atomic E-state index is 12.7. The van der Waals surface area contributed by atoms with Crippen LogP contribution in [0.2, 0.25) is 0 Å². The third kappa shape index (κ3) is 5.31. The SMILES string of the molecule is C=CCN(CC=C)S(=O)(=O)c1ccc(NC(=O)c2cccc(OCC)c2)cc1. The second kappa shape index (κ2) is 9.87. The lowest BCUT2D eigenvalue weighted by Crippen LogP contribution is -2.31. The van der Waals surface area contributed by atoms with Gasteiger partial charge in [-0.05, 0) is 49.4 Å². The molecule has 1 amide bonds. The lowest BCUT2D eigenvalue weighted by atomic mass is 10.2. The highest BCUT2D eigenvalue weighted by Gasteiger charge is 2.22. The van der Waals surface area contributed by atoms with E-state index in [1.807, 2.05) is 6.92 Å². The molecule has 0 aromatic heterocycles. The molecule has 0 atom stereocenters. The molecule has 0 heterocycles. The van der Waals surface area contributed by atoms with Gasteiger partial charge in [0.15, 0.2) is 0 Å². The third-order valence-corrected chi connectivity index (χ3v) is 5.67. The van der Waals surface area contributed by atoms with Gasteiger partial charge >= 0.3 is 0 Å². The van der Waals surface area contributed by atoms with Crippen LogP contribution in [-0.4, -0.2) is 38.3 Å². The molecule has 0 aliphatic carbocycles. The number of rotatable bonds is 10. The molecule has 2 rings (SSSR count). The fourth-order valence-electron chi connectivity index (χ4n) is 2.52. The summed E-state index contributed by atoms with van der Waals surface area (Å²) in [4.78, 5) is 12.5. The molecule has 148 valence electrons. The Morgan fingerprint density at radius 1 is 1.11 bits per heavy atom. The summed E-state index contributed by atoms with van der Waals surface area (Å²) in [7, 11) is -3.67. The fraction of sp³-hybridized carbons (Fsp3) is 0.190. The van der Waals surface area contributed by atoms with Gasteiger partial charge in [-0.1, -0.05) is 18.2 Å². The maximum Gasteiger partial charge on any atom is 0.255 e. The van der Waals surface area contributed by atoms with E-state index in [0.29, 0.717) is 23.6 Å². The average Bonchev–Trinajstić information content (AvgIpc) is 2.69. The molecule has 0 saturated heterocycles. The Kier molecular flexibility index (Phi) is 7.54.